The topological polar surface area (TPSA) is 129 Å². The molecular weight excluding hydrogens is 356 g/mol. The summed E-state index contributed by atoms with van der Waals surface area (Å²) in [5, 5.41) is 49.1. The van der Waals surface area contributed by atoms with E-state index in [2.05, 4.69) is 6.92 Å². The van der Waals surface area contributed by atoms with E-state index >= 15 is 0 Å². The van der Waals surface area contributed by atoms with Crippen LogP contribution in [0.2, 0.25) is 0 Å². The van der Waals surface area contributed by atoms with Gasteiger partial charge in [-0.2, -0.15) is 0 Å². The highest BCUT2D eigenvalue weighted by molar-refractivity contribution is 5.14. The zero-order valence-electron chi connectivity index (χ0n) is 16.1. The first-order valence-electron chi connectivity index (χ1n) is 9.56. The summed E-state index contributed by atoms with van der Waals surface area (Å²) in [6.07, 6.45) is -2.09. The van der Waals surface area contributed by atoms with Crippen molar-refractivity contribution in [3.8, 4) is 0 Å². The van der Waals surface area contributed by atoms with E-state index in [0.29, 0.717) is 19.4 Å². The van der Waals surface area contributed by atoms with E-state index in [9.17, 15) is 25.5 Å². The molecular formula is C19H32O8. The van der Waals surface area contributed by atoms with Crippen LogP contribution in [0.15, 0.2) is 12.2 Å². The molecule has 0 spiro atoms. The van der Waals surface area contributed by atoms with Crippen LogP contribution >= 0.6 is 0 Å². The molecule has 2 bridgehead atoms. The van der Waals surface area contributed by atoms with Gasteiger partial charge in [0.1, 0.15) is 24.4 Å². The zero-order valence-corrected chi connectivity index (χ0v) is 16.1. The highest BCUT2D eigenvalue weighted by atomic mass is 16.7. The van der Waals surface area contributed by atoms with Crippen molar-refractivity contribution in [1.29, 1.82) is 0 Å². The number of aliphatic hydroxyl groups is 5. The monoisotopic (exact) mass is 388 g/mol. The lowest BCUT2D eigenvalue weighted by Gasteiger charge is -2.43. The Morgan fingerprint density at radius 2 is 1.81 bits per heavy atom. The first-order valence-corrected chi connectivity index (χ1v) is 9.56. The average molecular weight is 388 g/mol. The third kappa shape index (κ3) is 3.95. The summed E-state index contributed by atoms with van der Waals surface area (Å²) in [6.45, 7) is 6.01. The molecule has 1 aliphatic carbocycles. The van der Waals surface area contributed by atoms with Crippen molar-refractivity contribution in [3.63, 3.8) is 0 Å². The van der Waals surface area contributed by atoms with Gasteiger partial charge >= 0.3 is 0 Å². The summed E-state index contributed by atoms with van der Waals surface area (Å²) in [5.74, 6) is 0.120. The molecule has 0 aromatic carbocycles. The molecule has 3 fully saturated rings. The summed E-state index contributed by atoms with van der Waals surface area (Å²) >= 11 is 0. The van der Waals surface area contributed by atoms with Crippen molar-refractivity contribution in [2.45, 2.75) is 82.1 Å². The van der Waals surface area contributed by atoms with Crippen molar-refractivity contribution in [3.05, 3.63) is 12.2 Å². The SMILES string of the molecule is C[C@H](/C=C/[C@@H]1[C@]2(C)CO[C@@]1(C)C[C@@H](O)C2)O[C@@H]1O[C@H](CO)[C@@H](O)[C@H](O)[C@H]1O. The van der Waals surface area contributed by atoms with Gasteiger partial charge < -0.3 is 39.7 Å². The van der Waals surface area contributed by atoms with Gasteiger partial charge in [0.2, 0.25) is 0 Å². The summed E-state index contributed by atoms with van der Waals surface area (Å²) in [5.41, 5.74) is -0.572. The van der Waals surface area contributed by atoms with Crippen molar-refractivity contribution in [2.75, 3.05) is 13.2 Å². The molecule has 2 heterocycles. The Hall–Kier alpha value is -0.580. The van der Waals surface area contributed by atoms with E-state index < -0.39 is 49.0 Å². The molecule has 8 heteroatoms. The number of aliphatic hydroxyl groups excluding tert-OH is 5. The van der Waals surface area contributed by atoms with E-state index in [4.69, 9.17) is 14.2 Å². The van der Waals surface area contributed by atoms with Crippen LogP contribution in [0.4, 0.5) is 0 Å². The lowest BCUT2D eigenvalue weighted by atomic mass is 9.62. The molecule has 10 atom stereocenters. The Bertz CT molecular complexity index is 534. The minimum Gasteiger partial charge on any atom is -0.394 e. The van der Waals surface area contributed by atoms with E-state index in [0.717, 1.165) is 0 Å². The molecule has 0 radical (unpaired) electrons. The second-order valence-electron chi connectivity index (χ2n) is 8.72. The predicted molar refractivity (Wildman–Crippen MR) is 94.6 cm³/mol. The van der Waals surface area contributed by atoms with Gasteiger partial charge in [-0.3, -0.25) is 0 Å². The summed E-state index contributed by atoms with van der Waals surface area (Å²) in [4.78, 5) is 0. The maximum absolute atomic E-state index is 10.1. The molecule has 8 nitrogen and oxygen atoms in total. The Morgan fingerprint density at radius 1 is 1.11 bits per heavy atom. The third-order valence-corrected chi connectivity index (χ3v) is 6.26. The zero-order chi connectivity index (χ0) is 20.0. The van der Waals surface area contributed by atoms with E-state index in [-0.39, 0.29) is 17.4 Å². The van der Waals surface area contributed by atoms with E-state index in [1.807, 2.05) is 19.1 Å². The highest BCUT2D eigenvalue weighted by Crippen LogP contribution is 2.54. The second-order valence-corrected chi connectivity index (χ2v) is 8.72. The van der Waals surface area contributed by atoms with Gasteiger partial charge in [0, 0.05) is 17.8 Å². The average Bonchev–Trinajstić information content (AvgIpc) is 2.75. The van der Waals surface area contributed by atoms with Crippen molar-refractivity contribution in [1.82, 2.24) is 0 Å². The van der Waals surface area contributed by atoms with Crippen LogP contribution in [0.25, 0.3) is 0 Å². The van der Waals surface area contributed by atoms with Gasteiger partial charge in [0.25, 0.3) is 0 Å². The van der Waals surface area contributed by atoms with Crippen molar-refractivity contribution < 1.29 is 39.7 Å². The largest absolute Gasteiger partial charge is 0.394 e. The molecule has 3 aliphatic rings. The van der Waals surface area contributed by atoms with Crippen LogP contribution < -0.4 is 0 Å². The van der Waals surface area contributed by atoms with Gasteiger partial charge in [-0.05, 0) is 20.3 Å². The molecule has 0 unspecified atom stereocenters. The maximum atomic E-state index is 10.1. The molecule has 156 valence electrons. The quantitative estimate of drug-likeness (QED) is 0.392. The minimum atomic E-state index is -1.46. The molecule has 0 aromatic rings. The van der Waals surface area contributed by atoms with Crippen LogP contribution in [-0.4, -0.2) is 87.3 Å². The fourth-order valence-electron chi connectivity index (χ4n) is 4.84. The molecule has 0 aromatic heterocycles. The lowest BCUT2D eigenvalue weighted by Crippen LogP contribution is -2.59. The molecule has 1 saturated carbocycles. The Morgan fingerprint density at radius 3 is 2.44 bits per heavy atom. The summed E-state index contributed by atoms with van der Waals surface area (Å²) in [7, 11) is 0. The van der Waals surface area contributed by atoms with E-state index in [1.54, 1.807) is 6.92 Å². The minimum absolute atomic E-state index is 0.120. The lowest BCUT2D eigenvalue weighted by molar-refractivity contribution is -0.306. The predicted octanol–water partition coefficient (Wildman–Crippen LogP) is -0.686. The normalized spacial score (nSPS) is 51.6. The maximum Gasteiger partial charge on any atom is 0.187 e. The van der Waals surface area contributed by atoms with Crippen LogP contribution in [0.5, 0.6) is 0 Å². The summed E-state index contributed by atoms with van der Waals surface area (Å²) < 4.78 is 17.1. The summed E-state index contributed by atoms with van der Waals surface area (Å²) in [6, 6.07) is 0. The number of ether oxygens (including phenoxy) is 3. The molecule has 0 amide bonds. The number of hydrogen-bond donors (Lipinski definition) is 5. The number of fused-ring (bicyclic) bond motifs is 2. The molecule has 3 rings (SSSR count). The fraction of sp³-hybridized carbons (Fsp3) is 0.895. The third-order valence-electron chi connectivity index (χ3n) is 6.26. The van der Waals surface area contributed by atoms with Crippen molar-refractivity contribution >= 4 is 0 Å². The fourth-order valence-corrected chi connectivity index (χ4v) is 4.84. The Balaban J connectivity index is 1.64. The van der Waals surface area contributed by atoms with Crippen LogP contribution in [-0.2, 0) is 14.2 Å². The van der Waals surface area contributed by atoms with Gasteiger partial charge in [0.05, 0.1) is 31.0 Å². The molecule has 5 N–H and O–H groups in total. The first kappa shape index (κ1) is 21.1. The van der Waals surface area contributed by atoms with Crippen LogP contribution in [0.1, 0.15) is 33.6 Å². The van der Waals surface area contributed by atoms with Gasteiger partial charge in [-0.1, -0.05) is 19.1 Å². The first-order chi connectivity index (χ1) is 12.6. The van der Waals surface area contributed by atoms with Crippen LogP contribution in [0, 0.1) is 11.3 Å². The smallest absolute Gasteiger partial charge is 0.187 e. The Labute approximate surface area is 159 Å². The number of rotatable bonds is 5. The van der Waals surface area contributed by atoms with E-state index in [1.165, 1.54) is 0 Å². The van der Waals surface area contributed by atoms with Gasteiger partial charge in [-0.15, -0.1) is 0 Å². The van der Waals surface area contributed by atoms with Gasteiger partial charge in [0.15, 0.2) is 6.29 Å². The second kappa shape index (κ2) is 7.68. The number of hydrogen-bond acceptors (Lipinski definition) is 8. The Kier molecular flexibility index (Phi) is 6.01. The molecule has 2 saturated heterocycles. The van der Waals surface area contributed by atoms with Gasteiger partial charge in [-0.25, -0.2) is 0 Å². The van der Waals surface area contributed by atoms with Crippen molar-refractivity contribution in [2.24, 2.45) is 11.3 Å². The standard InChI is InChI=1S/C19H32O8/c1-10(26-17-16(24)15(23)14(22)12(8-20)27-17)4-5-13-18(2)6-11(21)7-19(13,3)25-9-18/h4-5,10-17,20-24H,6-9H2,1-3H3/b5-4+/t10-,11+,12-,13-,14-,15+,16-,17-,18+,19+/m1/s1. The molecule has 2 aliphatic heterocycles. The van der Waals surface area contributed by atoms with Crippen LogP contribution in [0.3, 0.4) is 0 Å². The molecule has 27 heavy (non-hydrogen) atoms. The highest BCUT2D eigenvalue weighted by Gasteiger charge is 2.57.